The highest BCUT2D eigenvalue weighted by molar-refractivity contribution is 6.10. The van der Waals surface area contributed by atoms with E-state index in [1.54, 1.807) is 6.07 Å². The minimum Gasteiger partial charge on any atom is -0.338 e. The summed E-state index contributed by atoms with van der Waals surface area (Å²) in [5.74, 6) is 2.85. The minimum absolute atomic E-state index is 0.174. The predicted molar refractivity (Wildman–Crippen MR) is 471 cm³/mol. The number of aryl methyl sites for hydroxylation is 9. The molecule has 566 valence electrons. The topological polar surface area (TPSA) is 33.3 Å². The maximum atomic E-state index is 8.29. The van der Waals surface area contributed by atoms with Crippen molar-refractivity contribution in [2.75, 3.05) is 0 Å². The smallest absolute Gasteiger partial charge is 0.220 e. The van der Waals surface area contributed by atoms with Crippen molar-refractivity contribution in [3.63, 3.8) is 0 Å². The van der Waals surface area contributed by atoms with Gasteiger partial charge in [0.2, 0.25) is 22.8 Å². The Morgan fingerprint density at radius 3 is 1.30 bits per heavy atom. The number of fused-ring (bicyclic) bond motifs is 7. The van der Waals surface area contributed by atoms with Crippen LogP contribution in [0.5, 0.6) is 0 Å². The minimum atomic E-state index is -2.30. The van der Waals surface area contributed by atoms with Crippen LogP contribution in [0.25, 0.3) is 121 Å². The first-order valence-electron chi connectivity index (χ1n) is 44.7. The highest BCUT2D eigenvalue weighted by Gasteiger charge is 2.28. The van der Waals surface area contributed by atoms with E-state index >= 15 is 0 Å². The molecule has 19 rings (SSSR count). The van der Waals surface area contributed by atoms with Crippen LogP contribution in [0.4, 0.5) is 0 Å². The van der Waals surface area contributed by atoms with Crippen molar-refractivity contribution in [2.45, 2.75) is 201 Å². The molecular formula is C106H116N6+4. The van der Waals surface area contributed by atoms with E-state index in [-0.39, 0.29) is 5.56 Å². The normalized spacial score (nSPS) is 16.0. The molecule has 0 bridgehead atoms. The van der Waals surface area contributed by atoms with Crippen LogP contribution in [0.1, 0.15) is 223 Å². The van der Waals surface area contributed by atoms with Crippen LogP contribution in [-0.4, -0.2) is 9.55 Å². The summed E-state index contributed by atoms with van der Waals surface area (Å²) >= 11 is 0. The maximum absolute atomic E-state index is 8.29. The number of pyridine rings is 5. The van der Waals surface area contributed by atoms with Crippen LogP contribution >= 0.6 is 0 Å². The maximum Gasteiger partial charge on any atom is 0.220 e. The third kappa shape index (κ3) is 15.0. The molecule has 6 nitrogen and oxygen atoms in total. The number of rotatable bonds is 11. The number of hydrogen-bond acceptors (Lipinski definition) is 1. The number of nitrogens with zero attached hydrogens (tertiary/aromatic N) is 6. The highest BCUT2D eigenvalue weighted by atomic mass is 15.0. The largest absolute Gasteiger partial charge is 0.338 e. The highest BCUT2D eigenvalue weighted by Crippen LogP contribution is 2.44. The second-order valence-electron chi connectivity index (χ2n) is 33.5. The van der Waals surface area contributed by atoms with Crippen molar-refractivity contribution < 1.29 is 26.5 Å². The molecule has 0 unspecified atom stereocenters. The zero-order chi connectivity index (χ0) is 82.6. The van der Waals surface area contributed by atoms with Crippen molar-refractivity contribution in [1.82, 2.24) is 9.55 Å². The molecule has 4 fully saturated rings. The van der Waals surface area contributed by atoms with Crippen LogP contribution < -0.4 is 18.3 Å². The van der Waals surface area contributed by atoms with Crippen LogP contribution in [0, 0.1) is 41.5 Å². The number of aromatic nitrogens is 6. The first-order chi connectivity index (χ1) is 56.7. The molecule has 9 aromatic carbocycles. The summed E-state index contributed by atoms with van der Waals surface area (Å²) in [5.41, 5.74) is 26.6. The molecule has 0 spiro atoms. The lowest BCUT2D eigenvalue weighted by molar-refractivity contribution is -0.659. The Morgan fingerprint density at radius 1 is 0.402 bits per heavy atom. The average molecular weight is 1480 g/mol. The van der Waals surface area contributed by atoms with Gasteiger partial charge in [0.05, 0.1) is 45.1 Å². The summed E-state index contributed by atoms with van der Waals surface area (Å²) < 4.78 is 59.8. The van der Waals surface area contributed by atoms with Crippen LogP contribution in [-0.2, 0) is 34.6 Å². The van der Waals surface area contributed by atoms with Gasteiger partial charge in [0, 0.05) is 77.0 Å². The van der Waals surface area contributed by atoms with E-state index in [0.717, 1.165) is 50.9 Å². The zero-order valence-corrected chi connectivity index (χ0v) is 68.2. The van der Waals surface area contributed by atoms with Gasteiger partial charge in [0.15, 0.2) is 24.8 Å². The number of para-hydroxylation sites is 1. The van der Waals surface area contributed by atoms with E-state index < -0.39 is 13.2 Å². The molecule has 0 N–H and O–H groups in total. The fourth-order valence-corrected chi connectivity index (χ4v) is 19.7. The fourth-order valence-electron chi connectivity index (χ4n) is 19.7. The van der Waals surface area contributed by atoms with E-state index in [1.165, 1.54) is 254 Å². The van der Waals surface area contributed by atoms with Crippen molar-refractivity contribution in [2.24, 2.45) is 28.2 Å². The Morgan fingerprint density at radius 2 is 0.857 bits per heavy atom. The lowest BCUT2D eigenvalue weighted by atomic mass is 9.91. The van der Waals surface area contributed by atoms with Gasteiger partial charge in [-0.05, 0) is 292 Å². The predicted octanol–water partition coefficient (Wildman–Crippen LogP) is 26.1. The third-order valence-electron chi connectivity index (χ3n) is 26.0. The van der Waals surface area contributed by atoms with Gasteiger partial charge in [0.1, 0.15) is 28.2 Å². The summed E-state index contributed by atoms with van der Waals surface area (Å²) in [7, 11) is 8.39. The molecule has 0 radical (unpaired) electrons. The van der Waals surface area contributed by atoms with Gasteiger partial charge < -0.3 is 4.57 Å². The molecular weight excluding hydrogens is 1360 g/mol. The summed E-state index contributed by atoms with van der Waals surface area (Å²) in [6.07, 6.45) is 32.0. The summed E-state index contributed by atoms with van der Waals surface area (Å²) in [4.78, 5) is 4.30. The van der Waals surface area contributed by atoms with Gasteiger partial charge in [-0.3, -0.25) is 4.98 Å². The summed E-state index contributed by atoms with van der Waals surface area (Å²) in [5, 5.41) is 12.8. The molecule has 0 atom stereocenters. The molecule has 0 aliphatic heterocycles. The Hall–Kier alpha value is -10.4. The molecule has 112 heavy (non-hydrogen) atoms. The van der Waals surface area contributed by atoms with Gasteiger partial charge in [-0.2, -0.15) is 0 Å². The van der Waals surface area contributed by atoms with E-state index in [9.17, 15) is 0 Å². The van der Waals surface area contributed by atoms with Crippen molar-refractivity contribution in [3.05, 3.63) is 292 Å². The third-order valence-corrected chi connectivity index (χ3v) is 26.0. The summed E-state index contributed by atoms with van der Waals surface area (Å²) in [6.45, 7) is 14.4. The Kier molecular flexibility index (Phi) is 20.0. The number of hydrogen-bond donors (Lipinski definition) is 0. The lowest BCUT2D eigenvalue weighted by Crippen LogP contribution is -2.31. The molecule has 6 heteroatoms. The van der Waals surface area contributed by atoms with Gasteiger partial charge in [-0.25, -0.2) is 18.3 Å². The molecule has 6 aromatic heterocycles. The van der Waals surface area contributed by atoms with Gasteiger partial charge in [0.25, 0.3) is 0 Å². The Bertz CT molecular complexity index is 6300. The van der Waals surface area contributed by atoms with E-state index in [1.807, 2.05) is 55.3 Å². The van der Waals surface area contributed by atoms with Crippen LogP contribution in [0.3, 0.4) is 0 Å². The second kappa shape index (κ2) is 32.7. The van der Waals surface area contributed by atoms with E-state index in [0.29, 0.717) is 23.6 Å². The van der Waals surface area contributed by atoms with Crippen molar-refractivity contribution >= 4 is 64.9 Å². The molecule has 0 amide bonds. The quantitative estimate of drug-likeness (QED) is 0.119. The van der Waals surface area contributed by atoms with Crippen LogP contribution in [0.15, 0.2) is 231 Å². The van der Waals surface area contributed by atoms with Crippen molar-refractivity contribution in [3.8, 4) is 56.2 Å². The monoisotopic (exact) mass is 1480 g/mol. The second-order valence-corrected chi connectivity index (χ2v) is 33.5. The lowest BCUT2D eigenvalue weighted by Gasteiger charge is -2.14. The van der Waals surface area contributed by atoms with E-state index in [2.05, 4.69) is 262 Å². The SMILES string of the molecule is Cc1cc2c3ccccc3n(C(C)C)c2cc1-c1c2ccc(C3CCCC3)cc2cc[n+]1C.Cc1ccc(-c2cccnc2)cc1-c1c2ccc(C3CCCC3)cc2cc[n+]1C.[2H]C([2H])([2H])c1cc(-c2c3ccc(C4CCCC4)cc3cc[n+]2C)c(C)c(C([2H])([2H])C)c1.[2H]c1cc(C)c(C)c(-c2c3ccc(C4CCCC4)cc3cc[n+]2C)c1. The van der Waals surface area contributed by atoms with E-state index in [4.69, 9.17) is 8.22 Å². The van der Waals surface area contributed by atoms with Crippen molar-refractivity contribution in [1.29, 1.82) is 0 Å². The molecule has 4 saturated carbocycles. The standard InChI is InChI=1S/C31H33N2.C27H27N2.C25H30N.C23H26N/c1-20(2)33-29-12-8-7-11-26(29)28-17-21(3)27(19-30(28)33)31-25-14-13-23(22-9-5-6-10-22)18-24(25)15-16-32(31)4;1-19-9-10-22(24-8-5-14-28-18-24)17-26(19)27-25-12-11-21(20-6-3-4-7-20)16-23(25)13-15-29(27)2;1-5-19-14-17(2)15-24(18(19)3)25-23-11-10-21(20-8-6-7-9-20)16-22(23)12-13-26(25)4;1-16-7-6-10-21(17(16)2)23-22-12-11-19(18-8-4-5-9-18)15-20(22)13-14-24(23)3/h7-8,11-20,22H,5-6,9-10H2,1-4H3;5,8-18,20H,3-4,6-7H2,1-2H3;10-16,20H,5-9H2,1-4H3;6-7,10-15,18H,4-5,8-9H2,1-3H3/q4*+1/i;;2D3,5D2;6D. The molecule has 4 aliphatic rings. The first kappa shape index (κ1) is 68.4. The average Bonchev–Trinajstić information content (AvgIpc) is 1.52. The Labute approximate surface area is 675 Å². The fraction of sp³-hybridized carbons (Fsp3) is 0.330. The number of benzene rings is 9. The first-order valence-corrected chi connectivity index (χ1v) is 41.7. The zero-order valence-electron chi connectivity index (χ0n) is 74.2. The molecule has 4 aliphatic carbocycles. The van der Waals surface area contributed by atoms with Gasteiger partial charge in [-0.1, -0.05) is 161 Å². The van der Waals surface area contributed by atoms with Gasteiger partial charge in [-0.15, -0.1) is 0 Å². The molecule has 15 aromatic rings. The summed E-state index contributed by atoms with van der Waals surface area (Å²) in [6, 6.07) is 69.6. The van der Waals surface area contributed by atoms with Gasteiger partial charge >= 0.3 is 0 Å². The van der Waals surface area contributed by atoms with Crippen LogP contribution in [0.2, 0.25) is 0 Å². The Balaban J connectivity index is 0.000000118. The molecule has 6 heterocycles. The molecule has 0 saturated heterocycles.